The van der Waals surface area contributed by atoms with E-state index >= 15 is 0 Å². The highest BCUT2D eigenvalue weighted by Crippen LogP contribution is 2.20. The van der Waals surface area contributed by atoms with Gasteiger partial charge < -0.3 is 44.2 Å². The van der Waals surface area contributed by atoms with Gasteiger partial charge in [0.15, 0.2) is 5.96 Å². The van der Waals surface area contributed by atoms with Crippen LogP contribution < -0.4 is 44.2 Å². The predicted molar refractivity (Wildman–Crippen MR) is 191 cm³/mol. The summed E-state index contributed by atoms with van der Waals surface area (Å²) in [6.45, 7) is 0.715. The number of guanidine groups is 1. The molecule has 13 N–H and O–H groups in total. The van der Waals surface area contributed by atoms with Crippen molar-refractivity contribution in [2.24, 2.45) is 22.9 Å². The maximum atomic E-state index is 13.8. The average molecular weight is 672 g/mol. The molecule has 0 aromatic heterocycles. The summed E-state index contributed by atoms with van der Waals surface area (Å²) < 4.78 is 0. The van der Waals surface area contributed by atoms with E-state index in [1.807, 2.05) is 84.9 Å². The van der Waals surface area contributed by atoms with Crippen molar-refractivity contribution in [2.45, 2.75) is 69.1 Å². The molecule has 13 heteroatoms. The molecule has 3 aromatic rings. The minimum atomic E-state index is -1.11. The molecule has 13 nitrogen and oxygen atoms in total. The lowest BCUT2D eigenvalue weighted by molar-refractivity contribution is -0.133. The molecule has 49 heavy (non-hydrogen) atoms. The summed E-state index contributed by atoms with van der Waals surface area (Å²) in [5, 5.41) is 18.3. The Kier molecular flexibility index (Phi) is 15.7. The summed E-state index contributed by atoms with van der Waals surface area (Å²) in [6.07, 6.45) is 2.42. The van der Waals surface area contributed by atoms with Crippen LogP contribution in [-0.2, 0) is 32.0 Å². The van der Waals surface area contributed by atoms with Gasteiger partial charge in [-0.2, -0.15) is 0 Å². The van der Waals surface area contributed by atoms with Crippen molar-refractivity contribution in [2.75, 3.05) is 13.1 Å². The molecule has 0 aliphatic heterocycles. The highest BCUT2D eigenvalue weighted by Gasteiger charge is 2.30. The predicted octanol–water partition coefficient (Wildman–Crippen LogP) is 0.798. The largest absolute Gasteiger partial charge is 0.370 e. The number of rotatable bonds is 20. The molecule has 0 aliphatic carbocycles. The molecule has 0 saturated carbocycles. The second-order valence-electron chi connectivity index (χ2n) is 11.9. The van der Waals surface area contributed by atoms with Crippen LogP contribution in [0.15, 0.2) is 84.9 Å². The van der Waals surface area contributed by atoms with Gasteiger partial charge in [0, 0.05) is 13.0 Å². The summed E-state index contributed by atoms with van der Waals surface area (Å²) >= 11 is 0. The Bertz CT molecular complexity index is 1500. The Balaban J connectivity index is 1.82. The van der Waals surface area contributed by atoms with Crippen LogP contribution >= 0.6 is 0 Å². The van der Waals surface area contributed by atoms with Gasteiger partial charge in [-0.1, -0.05) is 84.9 Å². The number of primary amides is 1. The van der Waals surface area contributed by atoms with Gasteiger partial charge in [0.1, 0.15) is 18.1 Å². The topological polar surface area (TPSA) is 244 Å². The first-order valence-corrected chi connectivity index (χ1v) is 16.5. The SMILES string of the molecule is N=C(N)NCCC[C@@H](NC(=O)[C@@H](N)Cc1ccccc1)C(=O)N[C@@H](Cc1ccc(-c2ccccc2)cc1)C(=O)N[C@@H](CCCCN)C(N)=O. The van der Waals surface area contributed by atoms with Gasteiger partial charge in [0.2, 0.25) is 23.6 Å². The molecule has 0 unspecified atom stereocenters. The minimum absolute atomic E-state index is 0.0982. The van der Waals surface area contributed by atoms with E-state index in [0.29, 0.717) is 32.2 Å². The number of benzene rings is 3. The molecule has 0 radical (unpaired) electrons. The van der Waals surface area contributed by atoms with E-state index in [1.165, 1.54) is 0 Å². The fourth-order valence-electron chi connectivity index (χ4n) is 5.27. The smallest absolute Gasteiger partial charge is 0.243 e. The van der Waals surface area contributed by atoms with E-state index in [9.17, 15) is 19.2 Å². The maximum Gasteiger partial charge on any atom is 0.243 e. The number of hydrogen-bond acceptors (Lipinski definition) is 7. The summed E-state index contributed by atoms with van der Waals surface area (Å²) in [5.41, 5.74) is 26.5. The molecule has 4 amide bonds. The Labute approximate surface area is 287 Å². The first kappa shape index (κ1) is 38.2. The molecule has 0 spiro atoms. The van der Waals surface area contributed by atoms with Gasteiger partial charge >= 0.3 is 0 Å². The Morgan fingerprint density at radius 2 is 1.14 bits per heavy atom. The Morgan fingerprint density at radius 1 is 0.612 bits per heavy atom. The molecule has 0 fully saturated rings. The van der Waals surface area contributed by atoms with Crippen LogP contribution in [0.1, 0.15) is 43.2 Å². The van der Waals surface area contributed by atoms with Crippen molar-refractivity contribution in [1.29, 1.82) is 5.41 Å². The van der Waals surface area contributed by atoms with Crippen LogP contribution in [-0.4, -0.2) is 66.8 Å². The van der Waals surface area contributed by atoms with Crippen LogP contribution in [0.25, 0.3) is 11.1 Å². The maximum absolute atomic E-state index is 13.8. The molecular formula is C36H49N9O4. The molecule has 3 rings (SSSR count). The lowest BCUT2D eigenvalue weighted by Gasteiger charge is -2.26. The summed E-state index contributed by atoms with van der Waals surface area (Å²) in [5.74, 6) is -2.66. The number of carbonyl (C=O) groups excluding carboxylic acids is 4. The highest BCUT2D eigenvalue weighted by molar-refractivity contribution is 5.94. The normalized spacial score (nSPS) is 13.3. The van der Waals surface area contributed by atoms with E-state index in [0.717, 1.165) is 22.3 Å². The number of nitrogens with one attached hydrogen (secondary N) is 5. The van der Waals surface area contributed by atoms with Crippen molar-refractivity contribution < 1.29 is 19.2 Å². The van der Waals surface area contributed by atoms with E-state index in [4.69, 9.17) is 28.3 Å². The third-order valence-electron chi connectivity index (χ3n) is 7.99. The first-order valence-electron chi connectivity index (χ1n) is 16.5. The quantitative estimate of drug-likeness (QED) is 0.0471. The van der Waals surface area contributed by atoms with Gasteiger partial charge in [-0.25, -0.2) is 0 Å². The Morgan fingerprint density at radius 3 is 1.76 bits per heavy atom. The molecule has 0 saturated heterocycles. The lowest BCUT2D eigenvalue weighted by Crippen LogP contribution is -2.58. The summed E-state index contributed by atoms with van der Waals surface area (Å²) in [7, 11) is 0. The first-order chi connectivity index (χ1) is 23.6. The van der Waals surface area contributed by atoms with Crippen molar-refractivity contribution in [3.05, 3.63) is 96.1 Å². The molecule has 3 aromatic carbocycles. The zero-order valence-corrected chi connectivity index (χ0v) is 27.7. The summed E-state index contributed by atoms with van der Waals surface area (Å²) in [4.78, 5) is 52.9. The number of nitrogens with two attached hydrogens (primary N) is 4. The third-order valence-corrected chi connectivity index (χ3v) is 7.99. The van der Waals surface area contributed by atoms with Gasteiger partial charge in [-0.05, 0) is 67.3 Å². The summed E-state index contributed by atoms with van der Waals surface area (Å²) in [6, 6.07) is 22.6. The van der Waals surface area contributed by atoms with Crippen molar-refractivity contribution in [3.63, 3.8) is 0 Å². The highest BCUT2D eigenvalue weighted by atomic mass is 16.2. The van der Waals surface area contributed by atoms with E-state index in [1.54, 1.807) is 0 Å². The van der Waals surface area contributed by atoms with Crippen LogP contribution in [0.3, 0.4) is 0 Å². The molecule has 0 heterocycles. The molecule has 0 aliphatic rings. The fraction of sp³-hybridized carbons (Fsp3) is 0.361. The zero-order valence-electron chi connectivity index (χ0n) is 27.7. The van der Waals surface area contributed by atoms with E-state index in [-0.39, 0.29) is 31.8 Å². The van der Waals surface area contributed by atoms with E-state index < -0.39 is 47.8 Å². The molecule has 262 valence electrons. The van der Waals surface area contributed by atoms with Crippen molar-refractivity contribution >= 4 is 29.6 Å². The molecular weight excluding hydrogens is 622 g/mol. The van der Waals surface area contributed by atoms with Crippen LogP contribution in [0, 0.1) is 5.41 Å². The standard InChI is InChI=1S/C36H49N9O4/c37-20-8-7-14-29(32(39)46)43-35(49)31(23-25-16-18-27(19-17-25)26-12-5-2-6-13-26)45-34(48)30(15-9-21-42-36(40)41)44-33(47)28(38)22-24-10-3-1-4-11-24/h1-6,10-13,16-19,28-31H,7-9,14-15,20-23,37-38H2,(H2,39,46)(H,43,49)(H,44,47)(H,45,48)(H4,40,41,42)/t28-,29-,30+,31-/m0/s1. The average Bonchev–Trinajstić information content (AvgIpc) is 3.09. The second kappa shape index (κ2) is 20.2. The minimum Gasteiger partial charge on any atom is -0.370 e. The van der Waals surface area contributed by atoms with Crippen LogP contribution in [0.2, 0.25) is 0 Å². The van der Waals surface area contributed by atoms with Crippen molar-refractivity contribution in [3.8, 4) is 11.1 Å². The number of carbonyl (C=O) groups is 4. The number of hydrogen-bond donors (Lipinski definition) is 9. The molecule has 0 bridgehead atoms. The van der Waals surface area contributed by atoms with Gasteiger partial charge in [0.05, 0.1) is 6.04 Å². The molecule has 4 atom stereocenters. The van der Waals surface area contributed by atoms with Gasteiger partial charge in [0.25, 0.3) is 0 Å². The van der Waals surface area contributed by atoms with Gasteiger partial charge in [-0.15, -0.1) is 0 Å². The third kappa shape index (κ3) is 13.4. The Hall–Kier alpha value is -5.27. The monoisotopic (exact) mass is 671 g/mol. The zero-order chi connectivity index (χ0) is 35.6. The van der Waals surface area contributed by atoms with Crippen LogP contribution in [0.4, 0.5) is 0 Å². The fourth-order valence-corrected chi connectivity index (χ4v) is 5.27. The second-order valence-corrected chi connectivity index (χ2v) is 11.9. The number of amides is 4. The van der Waals surface area contributed by atoms with Gasteiger partial charge in [-0.3, -0.25) is 24.6 Å². The van der Waals surface area contributed by atoms with Crippen LogP contribution in [0.5, 0.6) is 0 Å². The van der Waals surface area contributed by atoms with E-state index in [2.05, 4.69) is 21.3 Å². The number of unbranched alkanes of at least 4 members (excludes halogenated alkanes) is 1. The lowest BCUT2D eigenvalue weighted by atomic mass is 9.99. The van der Waals surface area contributed by atoms with Crippen molar-refractivity contribution in [1.82, 2.24) is 21.3 Å².